The Kier molecular flexibility index (Phi) is 3.70. The van der Waals surface area contributed by atoms with Gasteiger partial charge in [0.05, 0.1) is 16.9 Å². The first-order chi connectivity index (χ1) is 7.75. The van der Waals surface area contributed by atoms with Crippen molar-refractivity contribution < 1.29 is 0 Å². The van der Waals surface area contributed by atoms with Crippen molar-refractivity contribution in [1.29, 1.82) is 0 Å². The summed E-state index contributed by atoms with van der Waals surface area (Å²) in [5, 5.41) is 1.75. The molecule has 0 aliphatic carbocycles. The predicted molar refractivity (Wildman–Crippen MR) is 69.7 cm³/mol. The Hall–Kier alpha value is -1.19. The molecule has 2 aromatic rings. The van der Waals surface area contributed by atoms with Crippen LogP contribution in [0, 0.1) is 0 Å². The van der Waals surface area contributed by atoms with E-state index in [-0.39, 0.29) is 0 Å². The number of aromatic nitrogens is 1. The second-order valence-electron chi connectivity index (χ2n) is 3.31. The largest absolute Gasteiger partial charge is 0.397 e. The lowest BCUT2D eigenvalue weighted by Crippen LogP contribution is -1.87. The third kappa shape index (κ3) is 2.90. The molecular formula is C12H11ClN2S. The van der Waals surface area contributed by atoms with Crippen molar-refractivity contribution in [3.8, 4) is 0 Å². The van der Waals surface area contributed by atoms with Gasteiger partial charge in [0.25, 0.3) is 0 Å². The van der Waals surface area contributed by atoms with E-state index < -0.39 is 0 Å². The number of nitrogens with zero attached hydrogens (tertiary/aromatic N) is 1. The zero-order chi connectivity index (χ0) is 11.4. The van der Waals surface area contributed by atoms with E-state index in [0.29, 0.717) is 5.69 Å². The highest BCUT2D eigenvalue weighted by molar-refractivity contribution is 7.98. The van der Waals surface area contributed by atoms with Gasteiger partial charge in [0.1, 0.15) is 0 Å². The summed E-state index contributed by atoms with van der Waals surface area (Å²) in [5.74, 6) is 0.816. The SMILES string of the molecule is Nc1ccc(SCc2ccccc2Cl)nc1. The lowest BCUT2D eigenvalue weighted by Gasteiger charge is -2.03. The van der Waals surface area contributed by atoms with E-state index in [0.717, 1.165) is 21.4 Å². The first-order valence-corrected chi connectivity index (χ1v) is 6.20. The Bertz CT molecular complexity index is 471. The molecule has 4 heteroatoms. The maximum Gasteiger partial charge on any atom is 0.0964 e. The maximum absolute atomic E-state index is 6.06. The van der Waals surface area contributed by atoms with Gasteiger partial charge in [0.2, 0.25) is 0 Å². The Morgan fingerprint density at radius 2 is 2.00 bits per heavy atom. The second-order valence-corrected chi connectivity index (χ2v) is 4.71. The van der Waals surface area contributed by atoms with Gasteiger partial charge in [-0.15, -0.1) is 11.8 Å². The van der Waals surface area contributed by atoms with Crippen molar-refractivity contribution in [3.63, 3.8) is 0 Å². The molecule has 1 aromatic heterocycles. The van der Waals surface area contributed by atoms with Crippen LogP contribution in [0.3, 0.4) is 0 Å². The fraction of sp³-hybridized carbons (Fsp3) is 0.0833. The van der Waals surface area contributed by atoms with Crippen molar-refractivity contribution in [3.05, 3.63) is 53.2 Å². The number of hydrogen-bond donors (Lipinski definition) is 1. The van der Waals surface area contributed by atoms with Crippen molar-refractivity contribution in [2.45, 2.75) is 10.8 Å². The molecule has 0 bridgehead atoms. The third-order valence-corrected chi connectivity index (χ3v) is 3.45. The smallest absolute Gasteiger partial charge is 0.0964 e. The van der Waals surface area contributed by atoms with E-state index in [1.807, 2.05) is 36.4 Å². The molecule has 16 heavy (non-hydrogen) atoms. The number of thioether (sulfide) groups is 1. The van der Waals surface area contributed by atoms with E-state index in [9.17, 15) is 0 Å². The van der Waals surface area contributed by atoms with Gasteiger partial charge in [-0.05, 0) is 23.8 Å². The number of anilines is 1. The maximum atomic E-state index is 6.06. The fourth-order valence-electron chi connectivity index (χ4n) is 1.24. The molecule has 1 aromatic carbocycles. The summed E-state index contributed by atoms with van der Waals surface area (Å²) in [5.41, 5.74) is 7.37. The average molecular weight is 251 g/mol. The van der Waals surface area contributed by atoms with Crippen LogP contribution in [0.1, 0.15) is 5.56 Å². The molecule has 2 N–H and O–H groups in total. The lowest BCUT2D eigenvalue weighted by atomic mass is 10.2. The monoisotopic (exact) mass is 250 g/mol. The number of nitrogens with two attached hydrogens (primary N) is 1. The molecule has 0 aliphatic heterocycles. The highest BCUT2D eigenvalue weighted by Gasteiger charge is 2.01. The van der Waals surface area contributed by atoms with Crippen LogP contribution in [0.15, 0.2) is 47.6 Å². The van der Waals surface area contributed by atoms with Crippen LogP contribution in [0.2, 0.25) is 5.02 Å². The molecular weight excluding hydrogens is 240 g/mol. The highest BCUT2D eigenvalue weighted by Crippen LogP contribution is 2.25. The topological polar surface area (TPSA) is 38.9 Å². The summed E-state index contributed by atoms with van der Waals surface area (Å²) in [6, 6.07) is 11.6. The second kappa shape index (κ2) is 5.23. The molecule has 82 valence electrons. The standard InChI is InChI=1S/C12H11ClN2S/c13-11-4-2-1-3-9(11)8-16-12-6-5-10(14)7-15-12/h1-7H,8,14H2. The number of halogens is 1. The van der Waals surface area contributed by atoms with Gasteiger partial charge in [-0.1, -0.05) is 29.8 Å². The fourth-order valence-corrected chi connectivity index (χ4v) is 2.37. The third-order valence-electron chi connectivity index (χ3n) is 2.09. The summed E-state index contributed by atoms with van der Waals surface area (Å²) in [4.78, 5) is 4.22. The number of benzene rings is 1. The molecule has 0 radical (unpaired) electrons. The zero-order valence-corrected chi connectivity index (χ0v) is 10.1. The Balaban J connectivity index is 2.02. The molecule has 1 heterocycles. The summed E-state index contributed by atoms with van der Waals surface area (Å²) in [6.07, 6.45) is 1.66. The molecule has 2 rings (SSSR count). The Labute approximate surface area is 104 Å². The van der Waals surface area contributed by atoms with Gasteiger partial charge in [-0.25, -0.2) is 4.98 Å². The lowest BCUT2D eigenvalue weighted by molar-refractivity contribution is 1.13. The molecule has 0 saturated heterocycles. The van der Waals surface area contributed by atoms with E-state index in [1.54, 1.807) is 18.0 Å². The van der Waals surface area contributed by atoms with Crippen LogP contribution in [0.5, 0.6) is 0 Å². The van der Waals surface area contributed by atoms with Crippen molar-refractivity contribution in [2.75, 3.05) is 5.73 Å². The van der Waals surface area contributed by atoms with Crippen molar-refractivity contribution >= 4 is 29.1 Å². The van der Waals surface area contributed by atoms with Crippen LogP contribution in [0.4, 0.5) is 5.69 Å². The van der Waals surface area contributed by atoms with Gasteiger partial charge in [-0.3, -0.25) is 0 Å². The Morgan fingerprint density at radius 1 is 1.19 bits per heavy atom. The van der Waals surface area contributed by atoms with E-state index >= 15 is 0 Å². The van der Waals surface area contributed by atoms with Crippen molar-refractivity contribution in [2.24, 2.45) is 0 Å². The van der Waals surface area contributed by atoms with Crippen LogP contribution in [-0.2, 0) is 5.75 Å². The molecule has 0 aliphatic rings. The zero-order valence-electron chi connectivity index (χ0n) is 8.56. The minimum atomic E-state index is 0.682. The molecule has 0 spiro atoms. The summed E-state index contributed by atoms with van der Waals surface area (Å²) >= 11 is 7.71. The van der Waals surface area contributed by atoms with Crippen molar-refractivity contribution in [1.82, 2.24) is 4.98 Å². The number of nitrogen functional groups attached to an aromatic ring is 1. The number of hydrogen-bond acceptors (Lipinski definition) is 3. The van der Waals surface area contributed by atoms with Gasteiger partial charge >= 0.3 is 0 Å². The number of pyridine rings is 1. The predicted octanol–water partition coefficient (Wildman–Crippen LogP) is 3.61. The van der Waals surface area contributed by atoms with Crippen LogP contribution in [0.25, 0.3) is 0 Å². The molecule has 0 unspecified atom stereocenters. The van der Waals surface area contributed by atoms with E-state index in [2.05, 4.69) is 4.98 Å². The molecule has 0 atom stereocenters. The first-order valence-electron chi connectivity index (χ1n) is 4.83. The highest BCUT2D eigenvalue weighted by atomic mass is 35.5. The minimum absolute atomic E-state index is 0.682. The van der Waals surface area contributed by atoms with E-state index in [1.165, 1.54) is 0 Å². The molecule has 0 saturated carbocycles. The Morgan fingerprint density at radius 3 is 2.69 bits per heavy atom. The normalized spacial score (nSPS) is 10.3. The summed E-state index contributed by atoms with van der Waals surface area (Å²) in [6.45, 7) is 0. The number of rotatable bonds is 3. The van der Waals surface area contributed by atoms with Crippen LogP contribution in [-0.4, -0.2) is 4.98 Å². The van der Waals surface area contributed by atoms with Gasteiger partial charge in [0, 0.05) is 10.8 Å². The molecule has 0 amide bonds. The minimum Gasteiger partial charge on any atom is -0.397 e. The molecule has 2 nitrogen and oxygen atoms in total. The quantitative estimate of drug-likeness (QED) is 0.846. The van der Waals surface area contributed by atoms with Gasteiger partial charge in [0.15, 0.2) is 0 Å². The summed E-state index contributed by atoms with van der Waals surface area (Å²) < 4.78 is 0. The van der Waals surface area contributed by atoms with Gasteiger partial charge in [-0.2, -0.15) is 0 Å². The first kappa shape index (κ1) is 11.3. The molecule has 0 fully saturated rings. The van der Waals surface area contributed by atoms with Crippen LogP contribution >= 0.6 is 23.4 Å². The average Bonchev–Trinajstić information content (AvgIpc) is 2.30. The van der Waals surface area contributed by atoms with E-state index in [4.69, 9.17) is 17.3 Å². The summed E-state index contributed by atoms with van der Waals surface area (Å²) in [7, 11) is 0. The van der Waals surface area contributed by atoms with Gasteiger partial charge < -0.3 is 5.73 Å². The van der Waals surface area contributed by atoms with Crippen LogP contribution < -0.4 is 5.73 Å².